The van der Waals surface area contributed by atoms with E-state index >= 15 is 0 Å². The topological polar surface area (TPSA) is 72.8 Å². The Kier molecular flexibility index (Phi) is 9.62. The van der Waals surface area contributed by atoms with E-state index in [9.17, 15) is 9.59 Å². The molecule has 21 heavy (non-hydrogen) atoms. The lowest BCUT2D eigenvalue weighted by atomic mass is 9.85. The summed E-state index contributed by atoms with van der Waals surface area (Å²) in [5, 5.41) is 8.59. The lowest BCUT2D eigenvalue weighted by molar-refractivity contribution is -0.160. The lowest BCUT2D eigenvalue weighted by Crippen LogP contribution is -2.34. The van der Waals surface area contributed by atoms with Crippen LogP contribution in [0, 0.1) is 5.41 Å². The molecule has 124 valence electrons. The van der Waals surface area contributed by atoms with E-state index in [0.29, 0.717) is 19.3 Å². The van der Waals surface area contributed by atoms with Crippen LogP contribution in [-0.4, -0.2) is 41.7 Å². The number of rotatable bonds is 10. The van der Waals surface area contributed by atoms with Crippen LogP contribution in [-0.2, 0) is 19.1 Å². The van der Waals surface area contributed by atoms with Crippen LogP contribution >= 0.6 is 11.6 Å². The Hall–Kier alpha value is -0.810. The molecule has 0 spiro atoms. The molecule has 0 aromatic rings. The van der Waals surface area contributed by atoms with Crippen LogP contribution in [0.4, 0.5) is 0 Å². The minimum Gasteiger partial charge on any atom is -0.465 e. The van der Waals surface area contributed by atoms with Gasteiger partial charge in [0, 0.05) is 31.7 Å². The zero-order valence-corrected chi connectivity index (χ0v) is 14.1. The predicted molar refractivity (Wildman–Crippen MR) is 81.2 cm³/mol. The van der Waals surface area contributed by atoms with Gasteiger partial charge in [0.1, 0.15) is 6.10 Å². The highest BCUT2D eigenvalue weighted by molar-refractivity contribution is 6.20. The Morgan fingerprint density at radius 1 is 1.33 bits per heavy atom. The molecule has 0 heterocycles. The third-order valence-electron chi connectivity index (χ3n) is 3.12. The molecule has 6 heteroatoms. The van der Waals surface area contributed by atoms with Gasteiger partial charge in [0.15, 0.2) is 0 Å². The highest BCUT2D eigenvalue weighted by atomic mass is 35.5. The Morgan fingerprint density at radius 3 is 2.43 bits per heavy atom. The maximum absolute atomic E-state index is 12.0. The van der Waals surface area contributed by atoms with Gasteiger partial charge in [-0.15, -0.1) is 11.6 Å². The fourth-order valence-electron chi connectivity index (χ4n) is 1.94. The summed E-state index contributed by atoms with van der Waals surface area (Å²) in [6.07, 6.45) is 1.62. The summed E-state index contributed by atoms with van der Waals surface area (Å²) in [6, 6.07) is 0. The van der Waals surface area contributed by atoms with Crippen LogP contribution in [0.15, 0.2) is 0 Å². The van der Waals surface area contributed by atoms with E-state index in [-0.39, 0.29) is 30.5 Å². The minimum atomic E-state index is -0.778. The van der Waals surface area contributed by atoms with E-state index in [1.807, 2.05) is 6.92 Å². The summed E-state index contributed by atoms with van der Waals surface area (Å²) in [5.41, 5.74) is -0.778. The van der Waals surface area contributed by atoms with Crippen LogP contribution in [0.1, 0.15) is 53.4 Å². The first-order valence-electron chi connectivity index (χ1n) is 7.32. The van der Waals surface area contributed by atoms with Crippen molar-refractivity contribution in [3.05, 3.63) is 0 Å². The van der Waals surface area contributed by atoms with E-state index in [1.165, 1.54) is 6.92 Å². The summed E-state index contributed by atoms with van der Waals surface area (Å²) in [5.74, 6) is -0.750. The Labute approximate surface area is 131 Å². The van der Waals surface area contributed by atoms with E-state index in [2.05, 4.69) is 0 Å². The molecule has 0 saturated carbocycles. The summed E-state index contributed by atoms with van der Waals surface area (Å²) >= 11 is 6.12. The van der Waals surface area contributed by atoms with Gasteiger partial charge < -0.3 is 14.6 Å². The summed E-state index contributed by atoms with van der Waals surface area (Å²) < 4.78 is 10.4. The van der Waals surface area contributed by atoms with Gasteiger partial charge in [-0.3, -0.25) is 9.59 Å². The second-order valence-electron chi connectivity index (χ2n) is 5.77. The monoisotopic (exact) mass is 322 g/mol. The van der Waals surface area contributed by atoms with Gasteiger partial charge in [0.25, 0.3) is 0 Å². The third kappa shape index (κ3) is 8.94. The number of carbonyl (C=O) groups is 2. The fraction of sp³-hybridized carbons (Fsp3) is 0.867. The Morgan fingerprint density at radius 2 is 1.95 bits per heavy atom. The second-order valence-corrected chi connectivity index (χ2v) is 6.39. The van der Waals surface area contributed by atoms with E-state index in [0.717, 1.165) is 6.42 Å². The van der Waals surface area contributed by atoms with Gasteiger partial charge in [0.05, 0.1) is 12.0 Å². The van der Waals surface area contributed by atoms with Gasteiger partial charge in [0.2, 0.25) is 0 Å². The summed E-state index contributed by atoms with van der Waals surface area (Å²) in [4.78, 5) is 23.2. The zero-order chi connectivity index (χ0) is 16.5. The van der Waals surface area contributed by atoms with Gasteiger partial charge in [-0.25, -0.2) is 0 Å². The van der Waals surface area contributed by atoms with Crippen molar-refractivity contribution in [2.24, 2.45) is 5.41 Å². The number of esters is 2. The number of alkyl halides is 1. The molecule has 1 N–H and O–H groups in total. The number of aliphatic hydroxyl groups is 1. The SMILES string of the molecule is CCC(Cl)CC(CC(C)(C)C(=O)OCCCO)OC(C)=O. The normalized spacial score (nSPS) is 14.4. The Bertz CT molecular complexity index is 330. The average molecular weight is 323 g/mol. The van der Waals surface area contributed by atoms with E-state index in [4.69, 9.17) is 26.2 Å². The number of ether oxygens (including phenoxy) is 2. The van der Waals surface area contributed by atoms with Crippen molar-refractivity contribution >= 4 is 23.5 Å². The third-order valence-corrected chi connectivity index (χ3v) is 3.61. The molecule has 0 aliphatic rings. The molecule has 0 amide bonds. The number of hydrogen-bond acceptors (Lipinski definition) is 5. The molecular formula is C15H27ClO5. The first kappa shape index (κ1) is 20.2. The number of hydrogen-bond donors (Lipinski definition) is 1. The number of aliphatic hydroxyl groups excluding tert-OH is 1. The van der Waals surface area contributed by atoms with Crippen molar-refractivity contribution in [1.29, 1.82) is 0 Å². The molecule has 2 atom stereocenters. The minimum absolute atomic E-state index is 0.0196. The van der Waals surface area contributed by atoms with Crippen LogP contribution < -0.4 is 0 Å². The molecule has 0 saturated heterocycles. The van der Waals surface area contributed by atoms with Gasteiger partial charge in [-0.05, 0) is 26.7 Å². The van der Waals surface area contributed by atoms with Gasteiger partial charge in [-0.2, -0.15) is 0 Å². The Balaban J connectivity index is 4.62. The summed E-state index contributed by atoms with van der Waals surface area (Å²) in [7, 11) is 0. The molecule has 0 aliphatic carbocycles. The lowest BCUT2D eigenvalue weighted by Gasteiger charge is -2.28. The maximum atomic E-state index is 12.0. The largest absolute Gasteiger partial charge is 0.465 e. The van der Waals surface area contributed by atoms with Crippen LogP contribution in [0.3, 0.4) is 0 Å². The molecule has 0 aromatic heterocycles. The fourth-order valence-corrected chi connectivity index (χ4v) is 2.14. The van der Waals surface area contributed by atoms with Crippen molar-refractivity contribution in [2.45, 2.75) is 64.9 Å². The molecule has 0 rings (SSSR count). The quantitative estimate of drug-likeness (QED) is 0.380. The second kappa shape index (κ2) is 10.0. The standard InChI is InChI=1S/C15H27ClO5/c1-5-12(16)9-13(21-11(2)18)10-15(3,4)14(19)20-8-6-7-17/h12-13,17H,5-10H2,1-4H3. The molecule has 0 radical (unpaired) electrons. The van der Waals surface area contributed by atoms with Crippen molar-refractivity contribution < 1.29 is 24.2 Å². The van der Waals surface area contributed by atoms with E-state index < -0.39 is 11.5 Å². The molecule has 0 aromatic carbocycles. The molecule has 0 bridgehead atoms. The number of halogens is 1. The van der Waals surface area contributed by atoms with Crippen LogP contribution in [0.5, 0.6) is 0 Å². The van der Waals surface area contributed by atoms with Crippen molar-refractivity contribution in [2.75, 3.05) is 13.2 Å². The number of carbonyl (C=O) groups excluding carboxylic acids is 2. The van der Waals surface area contributed by atoms with E-state index in [1.54, 1.807) is 13.8 Å². The van der Waals surface area contributed by atoms with Gasteiger partial charge >= 0.3 is 11.9 Å². The van der Waals surface area contributed by atoms with Gasteiger partial charge in [-0.1, -0.05) is 6.92 Å². The maximum Gasteiger partial charge on any atom is 0.311 e. The highest BCUT2D eigenvalue weighted by Gasteiger charge is 2.34. The zero-order valence-electron chi connectivity index (χ0n) is 13.4. The molecule has 2 unspecified atom stereocenters. The predicted octanol–water partition coefficient (Wildman–Crippen LogP) is 2.67. The van der Waals surface area contributed by atoms with Crippen molar-refractivity contribution in [3.63, 3.8) is 0 Å². The first-order valence-corrected chi connectivity index (χ1v) is 7.76. The smallest absolute Gasteiger partial charge is 0.311 e. The van der Waals surface area contributed by atoms with Crippen LogP contribution in [0.2, 0.25) is 0 Å². The van der Waals surface area contributed by atoms with Crippen molar-refractivity contribution in [3.8, 4) is 0 Å². The molecule has 5 nitrogen and oxygen atoms in total. The molecular weight excluding hydrogens is 296 g/mol. The average Bonchev–Trinajstić information content (AvgIpc) is 2.37. The first-order chi connectivity index (χ1) is 9.72. The molecule has 0 aliphatic heterocycles. The van der Waals surface area contributed by atoms with Crippen LogP contribution in [0.25, 0.3) is 0 Å². The summed E-state index contributed by atoms with van der Waals surface area (Å²) in [6.45, 7) is 6.96. The molecule has 0 fully saturated rings. The van der Waals surface area contributed by atoms with Crippen molar-refractivity contribution in [1.82, 2.24) is 0 Å². The highest BCUT2D eigenvalue weighted by Crippen LogP contribution is 2.29.